The number of amides is 2. The van der Waals surface area contributed by atoms with Crippen LogP contribution in [-0.2, 0) is 16.1 Å². The Hall–Kier alpha value is -2.82. The van der Waals surface area contributed by atoms with Gasteiger partial charge in [0.2, 0.25) is 11.8 Å². The molecule has 2 amide bonds. The average molecular weight is 383 g/mol. The predicted octanol–water partition coefficient (Wildman–Crippen LogP) is 3.71. The Balaban J connectivity index is 1.97. The molecular weight excluding hydrogens is 352 g/mol. The number of aryl methyl sites for hydroxylation is 1. The second kappa shape index (κ2) is 11.1. The molecule has 5 nitrogen and oxygen atoms in total. The number of nitrogens with one attached hydrogen (secondary N) is 1. The molecule has 0 aliphatic heterocycles. The maximum Gasteiger partial charge on any atom is 0.242 e. The van der Waals surface area contributed by atoms with Crippen LogP contribution < -0.4 is 10.1 Å². The van der Waals surface area contributed by atoms with Gasteiger partial charge >= 0.3 is 0 Å². The third-order valence-corrected chi connectivity index (χ3v) is 4.65. The van der Waals surface area contributed by atoms with Crippen LogP contribution in [0.5, 0.6) is 5.75 Å². The number of ether oxygens (including phenoxy) is 1. The van der Waals surface area contributed by atoms with Gasteiger partial charge < -0.3 is 15.0 Å². The molecule has 0 heterocycles. The number of carbonyl (C=O) groups excluding carboxylic acids is 2. The first kappa shape index (κ1) is 21.5. The number of rotatable bonds is 10. The standard InChI is InChI=1S/C23H30N2O3/c1-4-21(23(27)24-3)25(17-19-9-6-5-7-10-19)22(26)11-8-16-28-20-14-12-18(2)13-15-20/h5-7,9-10,12-15,21H,4,8,11,16-17H2,1-3H3,(H,24,27)/t21-/m0/s1. The third kappa shape index (κ3) is 6.41. The molecule has 2 aromatic carbocycles. The molecule has 2 aromatic rings. The van der Waals surface area contributed by atoms with Crippen molar-refractivity contribution in [1.29, 1.82) is 0 Å². The Kier molecular flexibility index (Phi) is 8.53. The summed E-state index contributed by atoms with van der Waals surface area (Å²) >= 11 is 0. The minimum Gasteiger partial charge on any atom is -0.494 e. The van der Waals surface area contributed by atoms with Crippen LogP contribution >= 0.6 is 0 Å². The molecule has 1 N–H and O–H groups in total. The summed E-state index contributed by atoms with van der Waals surface area (Å²) in [7, 11) is 1.60. The number of carbonyl (C=O) groups is 2. The van der Waals surface area contributed by atoms with Crippen molar-refractivity contribution in [3.8, 4) is 5.75 Å². The van der Waals surface area contributed by atoms with E-state index in [1.54, 1.807) is 11.9 Å². The van der Waals surface area contributed by atoms with Crippen molar-refractivity contribution in [2.75, 3.05) is 13.7 Å². The van der Waals surface area contributed by atoms with Crippen molar-refractivity contribution in [1.82, 2.24) is 10.2 Å². The first-order valence-electron chi connectivity index (χ1n) is 9.79. The van der Waals surface area contributed by atoms with E-state index in [0.717, 1.165) is 11.3 Å². The van der Waals surface area contributed by atoms with E-state index in [1.807, 2.05) is 68.4 Å². The molecule has 0 aromatic heterocycles. The van der Waals surface area contributed by atoms with Crippen LogP contribution in [-0.4, -0.2) is 36.4 Å². The molecule has 0 spiro atoms. The lowest BCUT2D eigenvalue weighted by Crippen LogP contribution is -2.48. The quantitative estimate of drug-likeness (QED) is 0.637. The van der Waals surface area contributed by atoms with Gasteiger partial charge in [-0.3, -0.25) is 9.59 Å². The Morgan fingerprint density at radius 3 is 2.36 bits per heavy atom. The van der Waals surface area contributed by atoms with E-state index in [-0.39, 0.29) is 11.8 Å². The normalized spacial score (nSPS) is 11.5. The Labute approximate surface area is 167 Å². The fourth-order valence-electron chi connectivity index (χ4n) is 3.06. The lowest BCUT2D eigenvalue weighted by Gasteiger charge is -2.30. The van der Waals surface area contributed by atoms with Gasteiger partial charge in [0, 0.05) is 20.0 Å². The first-order valence-corrected chi connectivity index (χ1v) is 9.79. The van der Waals surface area contributed by atoms with Gasteiger partial charge in [0.15, 0.2) is 0 Å². The van der Waals surface area contributed by atoms with Crippen molar-refractivity contribution < 1.29 is 14.3 Å². The Bertz CT molecular complexity index is 744. The SMILES string of the molecule is CC[C@@H](C(=O)NC)N(Cc1ccccc1)C(=O)CCCOc1ccc(C)cc1. The lowest BCUT2D eigenvalue weighted by atomic mass is 10.1. The second-order valence-electron chi connectivity index (χ2n) is 6.81. The second-order valence-corrected chi connectivity index (χ2v) is 6.81. The van der Waals surface area contributed by atoms with Gasteiger partial charge in [0.25, 0.3) is 0 Å². The van der Waals surface area contributed by atoms with Crippen LogP contribution in [0.25, 0.3) is 0 Å². The number of hydrogen-bond donors (Lipinski definition) is 1. The summed E-state index contributed by atoms with van der Waals surface area (Å²) in [6.45, 7) is 4.83. The van der Waals surface area contributed by atoms with Crippen LogP contribution in [0, 0.1) is 6.92 Å². The monoisotopic (exact) mass is 382 g/mol. The average Bonchev–Trinajstić information content (AvgIpc) is 2.72. The van der Waals surface area contributed by atoms with Crippen molar-refractivity contribution in [2.24, 2.45) is 0 Å². The smallest absolute Gasteiger partial charge is 0.242 e. The Morgan fingerprint density at radius 2 is 1.75 bits per heavy atom. The molecule has 0 aliphatic rings. The van der Waals surface area contributed by atoms with Crippen molar-refractivity contribution in [3.63, 3.8) is 0 Å². The van der Waals surface area contributed by atoms with Gasteiger partial charge in [-0.25, -0.2) is 0 Å². The number of likely N-dealkylation sites (N-methyl/N-ethyl adjacent to an activating group) is 1. The molecule has 0 radical (unpaired) electrons. The van der Waals surface area contributed by atoms with E-state index >= 15 is 0 Å². The van der Waals surface area contributed by atoms with Crippen LogP contribution in [0.2, 0.25) is 0 Å². The minimum absolute atomic E-state index is 0.0354. The lowest BCUT2D eigenvalue weighted by molar-refractivity contribution is -0.141. The highest BCUT2D eigenvalue weighted by molar-refractivity contribution is 5.87. The minimum atomic E-state index is -0.476. The summed E-state index contributed by atoms with van der Waals surface area (Å²) in [6, 6.07) is 17.1. The molecule has 2 rings (SSSR count). The van der Waals surface area contributed by atoms with E-state index in [9.17, 15) is 9.59 Å². The van der Waals surface area contributed by atoms with Crippen molar-refractivity contribution >= 4 is 11.8 Å². The first-order chi connectivity index (χ1) is 13.5. The van der Waals surface area contributed by atoms with E-state index < -0.39 is 6.04 Å². The van der Waals surface area contributed by atoms with Crippen LogP contribution in [0.3, 0.4) is 0 Å². The predicted molar refractivity (Wildman–Crippen MR) is 111 cm³/mol. The van der Waals surface area contributed by atoms with Crippen LogP contribution in [0.15, 0.2) is 54.6 Å². The molecule has 0 saturated carbocycles. The molecule has 0 saturated heterocycles. The number of benzene rings is 2. The van der Waals surface area contributed by atoms with Crippen LogP contribution in [0.4, 0.5) is 0 Å². The molecule has 5 heteroatoms. The van der Waals surface area contributed by atoms with Crippen LogP contribution in [0.1, 0.15) is 37.3 Å². The summed E-state index contributed by atoms with van der Waals surface area (Å²) in [4.78, 5) is 26.9. The van der Waals surface area contributed by atoms with Crippen molar-refractivity contribution in [3.05, 3.63) is 65.7 Å². The molecular formula is C23H30N2O3. The third-order valence-electron chi connectivity index (χ3n) is 4.65. The molecule has 0 bridgehead atoms. The summed E-state index contributed by atoms with van der Waals surface area (Å²) in [5.74, 6) is 0.630. The largest absolute Gasteiger partial charge is 0.494 e. The van der Waals surface area contributed by atoms with E-state index in [0.29, 0.717) is 32.4 Å². The summed E-state index contributed by atoms with van der Waals surface area (Å²) in [6.07, 6.45) is 1.51. The number of nitrogens with zero attached hydrogens (tertiary/aromatic N) is 1. The molecule has 150 valence electrons. The molecule has 0 unspecified atom stereocenters. The highest BCUT2D eigenvalue weighted by atomic mass is 16.5. The fraction of sp³-hybridized carbons (Fsp3) is 0.391. The van der Waals surface area contributed by atoms with E-state index in [2.05, 4.69) is 5.32 Å². The highest BCUT2D eigenvalue weighted by Gasteiger charge is 2.27. The number of hydrogen-bond acceptors (Lipinski definition) is 3. The van der Waals surface area contributed by atoms with E-state index in [4.69, 9.17) is 4.74 Å². The maximum absolute atomic E-state index is 12.9. The zero-order chi connectivity index (χ0) is 20.4. The van der Waals surface area contributed by atoms with Gasteiger partial charge in [0.05, 0.1) is 6.61 Å². The molecule has 1 atom stereocenters. The summed E-state index contributed by atoms with van der Waals surface area (Å²) in [5.41, 5.74) is 2.19. The summed E-state index contributed by atoms with van der Waals surface area (Å²) < 4.78 is 5.71. The maximum atomic E-state index is 12.9. The zero-order valence-electron chi connectivity index (χ0n) is 17.0. The summed E-state index contributed by atoms with van der Waals surface area (Å²) in [5, 5.41) is 2.67. The van der Waals surface area contributed by atoms with Gasteiger partial charge in [0.1, 0.15) is 11.8 Å². The van der Waals surface area contributed by atoms with Gasteiger partial charge in [-0.2, -0.15) is 0 Å². The van der Waals surface area contributed by atoms with Crippen molar-refractivity contribution in [2.45, 2.75) is 45.7 Å². The molecule has 28 heavy (non-hydrogen) atoms. The fourth-order valence-corrected chi connectivity index (χ4v) is 3.06. The van der Waals surface area contributed by atoms with Gasteiger partial charge in [-0.1, -0.05) is 55.0 Å². The van der Waals surface area contributed by atoms with Gasteiger partial charge in [-0.15, -0.1) is 0 Å². The zero-order valence-corrected chi connectivity index (χ0v) is 17.0. The molecule has 0 aliphatic carbocycles. The molecule has 0 fully saturated rings. The van der Waals surface area contributed by atoms with Gasteiger partial charge in [-0.05, 0) is 37.5 Å². The topological polar surface area (TPSA) is 58.6 Å². The highest BCUT2D eigenvalue weighted by Crippen LogP contribution is 2.15. The van der Waals surface area contributed by atoms with E-state index in [1.165, 1.54) is 5.56 Å². The Morgan fingerprint density at radius 1 is 1.07 bits per heavy atom.